The lowest BCUT2D eigenvalue weighted by Gasteiger charge is -2.11. The minimum Gasteiger partial charge on any atom is -0.391 e. The van der Waals surface area contributed by atoms with Crippen LogP contribution in [0.5, 0.6) is 0 Å². The topological polar surface area (TPSA) is 68.9 Å². The molecule has 0 saturated heterocycles. The Labute approximate surface area is 106 Å². The number of hydrogen-bond acceptors (Lipinski definition) is 4. The predicted octanol–water partition coefficient (Wildman–Crippen LogP) is 2.29. The summed E-state index contributed by atoms with van der Waals surface area (Å²) >= 11 is 0. The standard InChI is InChI=1S/C14H15N3O/c1-2-11(18)9-16-14-7-10(8-15)12-5-3-4-6-13(12)17-14/h3-7,11,18H,2,9H2,1H3,(H,16,17). The highest BCUT2D eigenvalue weighted by molar-refractivity contribution is 5.86. The number of anilines is 1. The molecular weight excluding hydrogens is 226 g/mol. The number of pyridine rings is 1. The average Bonchev–Trinajstić information content (AvgIpc) is 2.43. The zero-order valence-electron chi connectivity index (χ0n) is 10.2. The summed E-state index contributed by atoms with van der Waals surface area (Å²) in [6, 6.07) is 11.4. The number of hydrogen-bond donors (Lipinski definition) is 2. The Kier molecular flexibility index (Phi) is 3.75. The van der Waals surface area contributed by atoms with Crippen molar-refractivity contribution in [3.8, 4) is 6.07 Å². The van der Waals surface area contributed by atoms with Crippen molar-refractivity contribution in [2.45, 2.75) is 19.4 Å². The number of benzene rings is 1. The maximum atomic E-state index is 9.50. The van der Waals surface area contributed by atoms with Gasteiger partial charge in [-0.1, -0.05) is 25.1 Å². The summed E-state index contributed by atoms with van der Waals surface area (Å²) in [5.74, 6) is 0.623. The molecule has 0 spiro atoms. The van der Waals surface area contributed by atoms with E-state index < -0.39 is 6.10 Å². The van der Waals surface area contributed by atoms with Gasteiger partial charge in [-0.25, -0.2) is 4.98 Å². The first-order valence-electron chi connectivity index (χ1n) is 5.96. The summed E-state index contributed by atoms with van der Waals surface area (Å²) in [4.78, 5) is 4.42. The normalized spacial score (nSPS) is 12.1. The van der Waals surface area contributed by atoms with E-state index in [-0.39, 0.29) is 0 Å². The van der Waals surface area contributed by atoms with E-state index in [0.717, 1.165) is 10.9 Å². The number of nitrogens with one attached hydrogen (secondary N) is 1. The first-order chi connectivity index (χ1) is 8.74. The number of rotatable bonds is 4. The number of nitriles is 1. The molecule has 18 heavy (non-hydrogen) atoms. The van der Waals surface area contributed by atoms with E-state index in [9.17, 15) is 5.11 Å². The van der Waals surface area contributed by atoms with Crippen LogP contribution in [0, 0.1) is 11.3 Å². The summed E-state index contributed by atoms with van der Waals surface area (Å²) in [5.41, 5.74) is 1.37. The van der Waals surface area contributed by atoms with Gasteiger partial charge in [-0.05, 0) is 18.6 Å². The van der Waals surface area contributed by atoms with E-state index in [4.69, 9.17) is 5.26 Å². The molecule has 0 bridgehead atoms. The van der Waals surface area contributed by atoms with Gasteiger partial charge in [0.2, 0.25) is 0 Å². The second kappa shape index (κ2) is 5.48. The van der Waals surface area contributed by atoms with Crippen molar-refractivity contribution in [3.63, 3.8) is 0 Å². The van der Waals surface area contributed by atoms with Gasteiger partial charge in [-0.3, -0.25) is 0 Å². The highest BCUT2D eigenvalue weighted by atomic mass is 16.3. The molecule has 0 saturated carbocycles. The first kappa shape index (κ1) is 12.3. The van der Waals surface area contributed by atoms with Gasteiger partial charge in [0.25, 0.3) is 0 Å². The molecule has 1 unspecified atom stereocenters. The molecule has 0 aliphatic heterocycles. The van der Waals surface area contributed by atoms with Gasteiger partial charge in [0.1, 0.15) is 5.82 Å². The van der Waals surface area contributed by atoms with E-state index in [1.54, 1.807) is 6.07 Å². The molecule has 2 rings (SSSR count). The predicted molar refractivity (Wildman–Crippen MR) is 71.2 cm³/mol. The van der Waals surface area contributed by atoms with E-state index in [1.165, 1.54) is 0 Å². The van der Waals surface area contributed by atoms with Crippen LogP contribution in [0.4, 0.5) is 5.82 Å². The second-order valence-corrected chi connectivity index (χ2v) is 4.13. The minimum atomic E-state index is -0.399. The lowest BCUT2D eigenvalue weighted by Crippen LogP contribution is -2.18. The van der Waals surface area contributed by atoms with E-state index in [2.05, 4.69) is 16.4 Å². The Bertz CT molecular complexity index is 589. The fraction of sp³-hybridized carbons (Fsp3) is 0.286. The second-order valence-electron chi connectivity index (χ2n) is 4.13. The van der Waals surface area contributed by atoms with Crippen LogP contribution in [0.15, 0.2) is 30.3 Å². The Morgan fingerprint density at radius 1 is 1.44 bits per heavy atom. The fourth-order valence-corrected chi connectivity index (χ4v) is 1.73. The Morgan fingerprint density at radius 3 is 2.94 bits per heavy atom. The third kappa shape index (κ3) is 2.58. The maximum Gasteiger partial charge on any atom is 0.128 e. The summed E-state index contributed by atoms with van der Waals surface area (Å²) in [7, 11) is 0. The summed E-state index contributed by atoms with van der Waals surface area (Å²) < 4.78 is 0. The van der Waals surface area contributed by atoms with Crippen molar-refractivity contribution < 1.29 is 5.11 Å². The molecule has 0 amide bonds. The molecule has 4 heteroatoms. The zero-order valence-corrected chi connectivity index (χ0v) is 10.2. The molecule has 0 aliphatic rings. The molecule has 1 aromatic carbocycles. The van der Waals surface area contributed by atoms with Crippen LogP contribution in [0.25, 0.3) is 10.9 Å². The van der Waals surface area contributed by atoms with Crippen molar-refractivity contribution in [1.82, 2.24) is 4.98 Å². The number of para-hydroxylation sites is 1. The molecule has 0 fully saturated rings. The average molecular weight is 241 g/mol. The first-order valence-corrected chi connectivity index (χ1v) is 5.96. The van der Waals surface area contributed by atoms with Gasteiger partial charge in [-0.15, -0.1) is 0 Å². The van der Waals surface area contributed by atoms with E-state index >= 15 is 0 Å². The van der Waals surface area contributed by atoms with Crippen molar-refractivity contribution in [2.75, 3.05) is 11.9 Å². The highest BCUT2D eigenvalue weighted by Crippen LogP contribution is 2.19. The van der Waals surface area contributed by atoms with E-state index in [0.29, 0.717) is 24.3 Å². The van der Waals surface area contributed by atoms with Crippen molar-refractivity contribution >= 4 is 16.7 Å². The largest absolute Gasteiger partial charge is 0.391 e. The maximum absolute atomic E-state index is 9.50. The van der Waals surface area contributed by atoms with Crippen LogP contribution >= 0.6 is 0 Å². The Hall–Kier alpha value is -2.12. The number of nitrogens with zero attached hydrogens (tertiary/aromatic N) is 2. The van der Waals surface area contributed by atoms with Crippen molar-refractivity contribution in [1.29, 1.82) is 5.26 Å². The minimum absolute atomic E-state index is 0.399. The van der Waals surface area contributed by atoms with Gasteiger partial charge in [0, 0.05) is 11.9 Å². The van der Waals surface area contributed by atoms with Gasteiger partial charge in [0.15, 0.2) is 0 Å². The van der Waals surface area contributed by atoms with Crippen LogP contribution in [0.2, 0.25) is 0 Å². The summed E-state index contributed by atoms with van der Waals surface area (Å²) in [5, 5.41) is 22.5. The molecule has 92 valence electrons. The summed E-state index contributed by atoms with van der Waals surface area (Å²) in [6.07, 6.45) is 0.287. The molecule has 2 N–H and O–H groups in total. The molecule has 4 nitrogen and oxygen atoms in total. The van der Waals surface area contributed by atoms with Gasteiger partial charge in [0.05, 0.1) is 23.3 Å². The molecular formula is C14H15N3O. The summed E-state index contributed by atoms with van der Waals surface area (Å²) in [6.45, 7) is 2.35. The Balaban J connectivity index is 2.33. The quantitative estimate of drug-likeness (QED) is 0.861. The van der Waals surface area contributed by atoms with Crippen LogP contribution in [-0.2, 0) is 0 Å². The van der Waals surface area contributed by atoms with Gasteiger partial charge >= 0.3 is 0 Å². The van der Waals surface area contributed by atoms with Gasteiger partial charge < -0.3 is 10.4 Å². The third-order valence-corrected chi connectivity index (χ3v) is 2.83. The van der Waals surface area contributed by atoms with Crippen LogP contribution in [0.3, 0.4) is 0 Å². The van der Waals surface area contributed by atoms with Crippen molar-refractivity contribution in [2.24, 2.45) is 0 Å². The number of aliphatic hydroxyl groups excluding tert-OH is 1. The Morgan fingerprint density at radius 2 is 2.22 bits per heavy atom. The fourth-order valence-electron chi connectivity index (χ4n) is 1.73. The van der Waals surface area contributed by atoms with E-state index in [1.807, 2.05) is 31.2 Å². The van der Waals surface area contributed by atoms with Gasteiger partial charge in [-0.2, -0.15) is 5.26 Å². The lowest BCUT2D eigenvalue weighted by molar-refractivity contribution is 0.183. The smallest absolute Gasteiger partial charge is 0.128 e. The molecule has 2 aromatic rings. The lowest BCUT2D eigenvalue weighted by atomic mass is 10.1. The number of fused-ring (bicyclic) bond motifs is 1. The monoisotopic (exact) mass is 241 g/mol. The molecule has 1 atom stereocenters. The third-order valence-electron chi connectivity index (χ3n) is 2.83. The molecule has 0 radical (unpaired) electrons. The van der Waals surface area contributed by atoms with Crippen LogP contribution < -0.4 is 5.32 Å². The highest BCUT2D eigenvalue weighted by Gasteiger charge is 2.06. The SMILES string of the molecule is CCC(O)CNc1cc(C#N)c2ccccc2n1. The van der Waals surface area contributed by atoms with Crippen molar-refractivity contribution in [3.05, 3.63) is 35.9 Å². The van der Waals surface area contributed by atoms with Crippen LogP contribution in [-0.4, -0.2) is 22.7 Å². The molecule has 1 aromatic heterocycles. The van der Waals surface area contributed by atoms with Crippen LogP contribution in [0.1, 0.15) is 18.9 Å². The number of aliphatic hydroxyl groups is 1. The number of aromatic nitrogens is 1. The zero-order chi connectivity index (χ0) is 13.0. The molecule has 1 heterocycles. The molecule has 0 aliphatic carbocycles.